The Morgan fingerprint density at radius 3 is 2.32 bits per heavy atom. The first kappa shape index (κ1) is 15.5. The van der Waals surface area contributed by atoms with E-state index in [1.807, 2.05) is 12.1 Å². The zero-order valence-electron chi connectivity index (χ0n) is 12.0. The largest absolute Gasteiger partial charge is 0.513 e. The first-order valence-electron chi connectivity index (χ1n) is 7.19. The van der Waals surface area contributed by atoms with Gasteiger partial charge in [0, 0.05) is 0 Å². The van der Waals surface area contributed by atoms with E-state index < -0.39 is 6.16 Å². The molecule has 1 aromatic rings. The van der Waals surface area contributed by atoms with Gasteiger partial charge in [0.25, 0.3) is 0 Å². The molecule has 0 spiro atoms. The van der Waals surface area contributed by atoms with Crippen molar-refractivity contribution < 1.29 is 14.3 Å². The van der Waals surface area contributed by atoms with Gasteiger partial charge < -0.3 is 9.47 Å². The van der Waals surface area contributed by atoms with Gasteiger partial charge in [-0.15, -0.1) is 0 Å². The van der Waals surface area contributed by atoms with Gasteiger partial charge in [-0.2, -0.15) is 0 Å². The highest BCUT2D eigenvalue weighted by Crippen LogP contribution is 2.13. The van der Waals surface area contributed by atoms with Gasteiger partial charge in [-0.25, -0.2) is 4.79 Å². The molecule has 0 fully saturated rings. The molecule has 0 saturated carbocycles. The lowest BCUT2D eigenvalue weighted by atomic mass is 10.2. The van der Waals surface area contributed by atoms with Gasteiger partial charge in [0.05, 0.1) is 6.61 Å². The number of rotatable bonds is 8. The van der Waals surface area contributed by atoms with E-state index in [9.17, 15) is 4.79 Å². The molecular formula is C16H24O3. The van der Waals surface area contributed by atoms with E-state index in [0.29, 0.717) is 12.4 Å². The van der Waals surface area contributed by atoms with Gasteiger partial charge in [-0.1, -0.05) is 51.7 Å². The van der Waals surface area contributed by atoms with Gasteiger partial charge >= 0.3 is 6.16 Å². The molecule has 0 N–H and O–H groups in total. The summed E-state index contributed by atoms with van der Waals surface area (Å²) in [6, 6.07) is 7.49. The Hall–Kier alpha value is -1.51. The van der Waals surface area contributed by atoms with Gasteiger partial charge in [0.2, 0.25) is 0 Å². The molecule has 0 saturated heterocycles. The predicted molar refractivity (Wildman–Crippen MR) is 76.6 cm³/mol. The normalized spacial score (nSPS) is 10.2. The first-order chi connectivity index (χ1) is 9.26. The van der Waals surface area contributed by atoms with E-state index in [1.54, 1.807) is 12.1 Å². The van der Waals surface area contributed by atoms with Gasteiger partial charge in [0.15, 0.2) is 0 Å². The van der Waals surface area contributed by atoms with Crippen LogP contribution in [0, 0.1) is 0 Å². The van der Waals surface area contributed by atoms with Gasteiger partial charge in [0.1, 0.15) is 5.75 Å². The fraction of sp³-hybridized carbons (Fsp3) is 0.562. The van der Waals surface area contributed by atoms with Crippen LogP contribution in [0.15, 0.2) is 24.3 Å². The summed E-state index contributed by atoms with van der Waals surface area (Å²) in [6.45, 7) is 4.70. The standard InChI is InChI=1S/C16H24O3/c1-3-5-6-7-8-13-18-16(17)19-15-11-9-14(4-2)10-12-15/h9-12H,3-8,13H2,1-2H3. The minimum absolute atomic E-state index is 0.440. The van der Waals surface area contributed by atoms with E-state index in [2.05, 4.69) is 13.8 Å². The number of benzene rings is 1. The third kappa shape index (κ3) is 6.85. The maximum absolute atomic E-state index is 11.4. The zero-order valence-corrected chi connectivity index (χ0v) is 12.0. The lowest BCUT2D eigenvalue weighted by Crippen LogP contribution is -2.11. The molecule has 1 aromatic carbocycles. The quantitative estimate of drug-likeness (QED) is 0.386. The molecule has 0 aliphatic rings. The van der Waals surface area contributed by atoms with Crippen LogP contribution in [-0.2, 0) is 11.2 Å². The Balaban J connectivity index is 2.16. The summed E-state index contributed by atoms with van der Waals surface area (Å²) in [5, 5.41) is 0. The fourth-order valence-corrected chi connectivity index (χ4v) is 1.78. The van der Waals surface area contributed by atoms with E-state index in [-0.39, 0.29) is 0 Å². The van der Waals surface area contributed by atoms with Crippen molar-refractivity contribution in [2.75, 3.05) is 6.61 Å². The third-order valence-electron chi connectivity index (χ3n) is 3.00. The highest BCUT2D eigenvalue weighted by Gasteiger charge is 2.05. The third-order valence-corrected chi connectivity index (χ3v) is 3.00. The molecule has 0 amide bonds. The molecule has 19 heavy (non-hydrogen) atoms. The van der Waals surface area contributed by atoms with Crippen LogP contribution in [0.1, 0.15) is 51.5 Å². The molecule has 0 heterocycles. The smallest absolute Gasteiger partial charge is 0.434 e. The summed E-state index contributed by atoms with van der Waals surface area (Å²) in [6.07, 6.45) is 6.04. The molecule has 0 radical (unpaired) electrons. The molecule has 0 atom stereocenters. The Kier molecular flexibility index (Phi) is 7.71. The molecule has 106 valence electrons. The van der Waals surface area contributed by atoms with Crippen molar-refractivity contribution in [3.63, 3.8) is 0 Å². The van der Waals surface area contributed by atoms with Crippen molar-refractivity contribution in [1.29, 1.82) is 0 Å². The van der Waals surface area contributed by atoms with Crippen molar-refractivity contribution in [3.8, 4) is 5.75 Å². The van der Waals surface area contributed by atoms with Crippen molar-refractivity contribution in [2.24, 2.45) is 0 Å². The number of ether oxygens (including phenoxy) is 2. The van der Waals surface area contributed by atoms with Crippen LogP contribution in [0.2, 0.25) is 0 Å². The van der Waals surface area contributed by atoms with Crippen LogP contribution in [0.4, 0.5) is 4.79 Å². The summed E-state index contributed by atoms with van der Waals surface area (Å²) < 4.78 is 10.1. The highest BCUT2D eigenvalue weighted by atomic mass is 16.7. The minimum atomic E-state index is -0.611. The summed E-state index contributed by atoms with van der Waals surface area (Å²) in [5.41, 5.74) is 1.22. The lowest BCUT2D eigenvalue weighted by Gasteiger charge is -2.06. The van der Waals surface area contributed by atoms with Crippen molar-refractivity contribution >= 4 is 6.16 Å². The molecule has 0 unspecified atom stereocenters. The topological polar surface area (TPSA) is 35.5 Å². The Morgan fingerprint density at radius 1 is 1.00 bits per heavy atom. The summed E-state index contributed by atoms with van der Waals surface area (Å²) in [5.74, 6) is 0.535. The van der Waals surface area contributed by atoms with E-state index in [4.69, 9.17) is 9.47 Å². The maximum Gasteiger partial charge on any atom is 0.513 e. The van der Waals surface area contributed by atoms with Crippen molar-refractivity contribution in [3.05, 3.63) is 29.8 Å². The molecule has 0 bridgehead atoms. The monoisotopic (exact) mass is 264 g/mol. The Labute approximate surface area is 115 Å². The fourth-order valence-electron chi connectivity index (χ4n) is 1.78. The average molecular weight is 264 g/mol. The number of hydrogen-bond acceptors (Lipinski definition) is 3. The second-order valence-corrected chi connectivity index (χ2v) is 4.61. The first-order valence-corrected chi connectivity index (χ1v) is 7.19. The zero-order chi connectivity index (χ0) is 13.9. The average Bonchev–Trinajstić information content (AvgIpc) is 2.43. The van der Waals surface area contributed by atoms with E-state index in [1.165, 1.54) is 24.8 Å². The SMILES string of the molecule is CCCCCCCOC(=O)Oc1ccc(CC)cc1. The van der Waals surface area contributed by atoms with Crippen molar-refractivity contribution in [2.45, 2.75) is 52.4 Å². The number of carbonyl (C=O) groups excluding carboxylic acids is 1. The predicted octanol–water partition coefficient (Wildman–Crippen LogP) is 4.73. The second kappa shape index (κ2) is 9.42. The number of carbonyl (C=O) groups is 1. The second-order valence-electron chi connectivity index (χ2n) is 4.61. The summed E-state index contributed by atoms with van der Waals surface area (Å²) >= 11 is 0. The highest BCUT2D eigenvalue weighted by molar-refractivity contribution is 5.63. The number of unbranched alkanes of at least 4 members (excludes halogenated alkanes) is 4. The Bertz CT molecular complexity index is 357. The van der Waals surface area contributed by atoms with Crippen LogP contribution in [-0.4, -0.2) is 12.8 Å². The van der Waals surface area contributed by atoms with Crippen LogP contribution in [0.5, 0.6) is 5.75 Å². The summed E-state index contributed by atoms with van der Waals surface area (Å²) in [4.78, 5) is 11.4. The van der Waals surface area contributed by atoms with Crippen LogP contribution in [0.3, 0.4) is 0 Å². The van der Waals surface area contributed by atoms with Crippen molar-refractivity contribution in [1.82, 2.24) is 0 Å². The van der Waals surface area contributed by atoms with E-state index >= 15 is 0 Å². The van der Waals surface area contributed by atoms with Crippen LogP contribution >= 0.6 is 0 Å². The molecule has 3 heteroatoms. The van der Waals surface area contributed by atoms with E-state index in [0.717, 1.165) is 19.3 Å². The minimum Gasteiger partial charge on any atom is -0.434 e. The molecular weight excluding hydrogens is 240 g/mol. The molecule has 3 nitrogen and oxygen atoms in total. The maximum atomic E-state index is 11.4. The summed E-state index contributed by atoms with van der Waals surface area (Å²) in [7, 11) is 0. The molecule has 1 rings (SSSR count). The molecule has 0 aromatic heterocycles. The number of aryl methyl sites for hydroxylation is 1. The molecule has 0 aliphatic heterocycles. The Morgan fingerprint density at radius 2 is 1.68 bits per heavy atom. The van der Waals surface area contributed by atoms with Gasteiger partial charge in [-0.3, -0.25) is 0 Å². The van der Waals surface area contributed by atoms with Gasteiger partial charge in [-0.05, 0) is 30.5 Å². The van der Waals surface area contributed by atoms with Crippen LogP contribution in [0.25, 0.3) is 0 Å². The van der Waals surface area contributed by atoms with Crippen LogP contribution < -0.4 is 4.74 Å². The molecule has 0 aliphatic carbocycles. The number of hydrogen-bond donors (Lipinski definition) is 0. The lowest BCUT2D eigenvalue weighted by molar-refractivity contribution is 0.0973.